The molecule has 1 unspecified atom stereocenters. The number of nitrogens with one attached hydrogen (secondary N) is 1. The summed E-state index contributed by atoms with van der Waals surface area (Å²) in [6, 6.07) is 0. The Kier molecular flexibility index (Phi) is 3.28. The molecule has 1 heterocycles. The van der Waals surface area contributed by atoms with Crippen LogP contribution in [0.25, 0.3) is 0 Å². The van der Waals surface area contributed by atoms with Crippen LogP contribution in [0.4, 0.5) is 0 Å². The van der Waals surface area contributed by atoms with Gasteiger partial charge >= 0.3 is 0 Å². The zero-order valence-electron chi connectivity index (χ0n) is 6.06. The van der Waals surface area contributed by atoms with Crippen LogP contribution in [-0.4, -0.2) is 24.8 Å². The Morgan fingerprint density at radius 1 is 1.50 bits per heavy atom. The zero-order valence-corrected chi connectivity index (χ0v) is 6.06. The predicted molar refractivity (Wildman–Crippen MR) is 40.5 cm³/mol. The minimum Gasteiger partial charge on any atom is -0.384 e. The maximum atomic E-state index is 8.35. The van der Waals surface area contributed by atoms with Crippen LogP contribution in [0.1, 0.15) is 12.8 Å². The third-order valence-electron chi connectivity index (χ3n) is 1.76. The van der Waals surface area contributed by atoms with Gasteiger partial charge in [-0.25, -0.2) is 0 Å². The maximum Gasteiger partial charge on any atom is 0.104 e. The summed E-state index contributed by atoms with van der Waals surface area (Å²) in [4.78, 5) is 0. The molecule has 0 aromatic heterocycles. The van der Waals surface area contributed by atoms with Crippen LogP contribution in [0.15, 0.2) is 0 Å². The van der Waals surface area contributed by atoms with Crippen LogP contribution in [0.2, 0.25) is 0 Å². The SMILES string of the molecule is OCC#CCC1CCNC1. The molecule has 0 bridgehead atoms. The predicted octanol–water partition coefficient (Wildman–Crippen LogP) is -0.0183. The second-order valence-corrected chi connectivity index (χ2v) is 2.57. The molecule has 0 aromatic carbocycles. The first-order valence-electron chi connectivity index (χ1n) is 3.71. The summed E-state index contributed by atoms with van der Waals surface area (Å²) in [7, 11) is 0. The van der Waals surface area contributed by atoms with Crippen molar-refractivity contribution < 1.29 is 5.11 Å². The molecule has 10 heavy (non-hydrogen) atoms. The molecule has 2 nitrogen and oxygen atoms in total. The summed E-state index contributed by atoms with van der Waals surface area (Å²) < 4.78 is 0. The highest BCUT2D eigenvalue weighted by atomic mass is 16.2. The van der Waals surface area contributed by atoms with E-state index in [1.807, 2.05) is 0 Å². The van der Waals surface area contributed by atoms with E-state index in [4.69, 9.17) is 5.11 Å². The minimum absolute atomic E-state index is 0.000147. The Bertz CT molecular complexity index is 139. The van der Waals surface area contributed by atoms with E-state index in [0.29, 0.717) is 0 Å². The van der Waals surface area contributed by atoms with Crippen molar-refractivity contribution in [1.29, 1.82) is 0 Å². The van der Waals surface area contributed by atoms with E-state index in [2.05, 4.69) is 17.2 Å². The summed E-state index contributed by atoms with van der Waals surface area (Å²) >= 11 is 0. The Morgan fingerprint density at radius 2 is 2.40 bits per heavy atom. The van der Waals surface area contributed by atoms with Gasteiger partial charge in [-0.1, -0.05) is 5.92 Å². The molecule has 0 spiro atoms. The second kappa shape index (κ2) is 4.32. The summed E-state index contributed by atoms with van der Waals surface area (Å²) in [6.45, 7) is 2.23. The summed E-state index contributed by atoms with van der Waals surface area (Å²) in [5, 5.41) is 11.6. The van der Waals surface area contributed by atoms with Crippen molar-refractivity contribution in [3.05, 3.63) is 0 Å². The van der Waals surface area contributed by atoms with E-state index in [1.165, 1.54) is 6.42 Å². The van der Waals surface area contributed by atoms with Gasteiger partial charge in [0.1, 0.15) is 6.61 Å². The first-order valence-corrected chi connectivity index (χ1v) is 3.71. The standard InChI is InChI=1S/C8H13NO/c10-6-2-1-3-8-4-5-9-7-8/h8-10H,3-7H2. The van der Waals surface area contributed by atoms with Crippen molar-refractivity contribution in [2.75, 3.05) is 19.7 Å². The molecule has 2 heteroatoms. The number of aliphatic hydroxyl groups excluding tert-OH is 1. The highest BCUT2D eigenvalue weighted by molar-refractivity contribution is 5.00. The lowest BCUT2D eigenvalue weighted by atomic mass is 10.1. The van der Waals surface area contributed by atoms with Crippen LogP contribution < -0.4 is 5.32 Å². The van der Waals surface area contributed by atoms with Crippen molar-refractivity contribution >= 4 is 0 Å². The largest absolute Gasteiger partial charge is 0.384 e. The Labute approximate surface area is 61.6 Å². The molecule has 1 saturated heterocycles. The van der Waals surface area contributed by atoms with Crippen LogP contribution in [0.3, 0.4) is 0 Å². The maximum absolute atomic E-state index is 8.35. The van der Waals surface area contributed by atoms with Gasteiger partial charge in [0.2, 0.25) is 0 Å². The summed E-state index contributed by atoms with van der Waals surface area (Å²) in [5.74, 6) is 6.31. The molecular weight excluding hydrogens is 126 g/mol. The average molecular weight is 139 g/mol. The van der Waals surface area contributed by atoms with Crippen LogP contribution >= 0.6 is 0 Å². The molecule has 0 amide bonds. The van der Waals surface area contributed by atoms with Crippen LogP contribution in [0, 0.1) is 17.8 Å². The molecule has 0 radical (unpaired) electrons. The van der Waals surface area contributed by atoms with Gasteiger partial charge < -0.3 is 10.4 Å². The topological polar surface area (TPSA) is 32.3 Å². The lowest BCUT2D eigenvalue weighted by Gasteiger charge is -1.99. The van der Waals surface area contributed by atoms with Gasteiger partial charge in [-0.3, -0.25) is 0 Å². The van der Waals surface area contributed by atoms with E-state index in [-0.39, 0.29) is 6.61 Å². The van der Waals surface area contributed by atoms with Crippen LogP contribution in [-0.2, 0) is 0 Å². The third-order valence-corrected chi connectivity index (χ3v) is 1.76. The van der Waals surface area contributed by atoms with E-state index in [0.717, 1.165) is 25.4 Å². The van der Waals surface area contributed by atoms with Gasteiger partial charge in [0.25, 0.3) is 0 Å². The molecule has 56 valence electrons. The van der Waals surface area contributed by atoms with Crippen LogP contribution in [0.5, 0.6) is 0 Å². The molecule has 1 atom stereocenters. The Morgan fingerprint density at radius 3 is 3.00 bits per heavy atom. The lowest BCUT2D eigenvalue weighted by Crippen LogP contribution is -2.08. The molecule has 1 aliphatic rings. The van der Waals surface area contributed by atoms with Crippen molar-refractivity contribution in [3.63, 3.8) is 0 Å². The monoisotopic (exact) mass is 139 g/mol. The quantitative estimate of drug-likeness (QED) is 0.500. The van der Waals surface area contributed by atoms with E-state index < -0.39 is 0 Å². The smallest absolute Gasteiger partial charge is 0.104 e. The van der Waals surface area contributed by atoms with Crippen molar-refractivity contribution in [3.8, 4) is 11.8 Å². The molecule has 0 aliphatic carbocycles. The first kappa shape index (κ1) is 7.59. The van der Waals surface area contributed by atoms with Gasteiger partial charge in [0, 0.05) is 6.42 Å². The highest BCUT2D eigenvalue weighted by Gasteiger charge is 2.11. The van der Waals surface area contributed by atoms with Crippen molar-refractivity contribution in [2.45, 2.75) is 12.8 Å². The fourth-order valence-electron chi connectivity index (χ4n) is 1.16. The normalized spacial score (nSPS) is 23.9. The molecule has 0 aromatic rings. The fourth-order valence-corrected chi connectivity index (χ4v) is 1.16. The summed E-state index contributed by atoms with van der Waals surface area (Å²) in [6.07, 6.45) is 2.17. The molecule has 2 N–H and O–H groups in total. The Hall–Kier alpha value is -0.520. The lowest BCUT2D eigenvalue weighted by molar-refractivity contribution is 0.350. The van der Waals surface area contributed by atoms with E-state index in [1.54, 1.807) is 0 Å². The van der Waals surface area contributed by atoms with E-state index in [9.17, 15) is 0 Å². The Balaban J connectivity index is 2.12. The van der Waals surface area contributed by atoms with Gasteiger partial charge in [-0.2, -0.15) is 0 Å². The molecule has 1 rings (SSSR count). The second-order valence-electron chi connectivity index (χ2n) is 2.57. The van der Waals surface area contributed by atoms with Gasteiger partial charge in [-0.15, -0.1) is 5.92 Å². The van der Waals surface area contributed by atoms with Gasteiger partial charge in [-0.05, 0) is 25.4 Å². The first-order chi connectivity index (χ1) is 4.93. The van der Waals surface area contributed by atoms with Crippen molar-refractivity contribution in [1.82, 2.24) is 5.32 Å². The zero-order chi connectivity index (χ0) is 7.23. The number of rotatable bonds is 1. The van der Waals surface area contributed by atoms with Gasteiger partial charge in [0.05, 0.1) is 0 Å². The average Bonchev–Trinajstić information content (AvgIpc) is 2.41. The minimum atomic E-state index is 0.000147. The number of aliphatic hydroxyl groups is 1. The fraction of sp³-hybridized carbons (Fsp3) is 0.750. The third kappa shape index (κ3) is 2.38. The number of hydrogen-bond donors (Lipinski definition) is 2. The highest BCUT2D eigenvalue weighted by Crippen LogP contribution is 2.10. The number of hydrogen-bond acceptors (Lipinski definition) is 2. The summed E-state index contributed by atoms with van der Waals surface area (Å²) in [5.41, 5.74) is 0. The van der Waals surface area contributed by atoms with Gasteiger partial charge in [0.15, 0.2) is 0 Å². The molecule has 1 fully saturated rings. The molecule has 0 saturated carbocycles. The molecular formula is C8H13NO. The van der Waals surface area contributed by atoms with Crippen molar-refractivity contribution in [2.24, 2.45) is 5.92 Å². The van der Waals surface area contributed by atoms with E-state index >= 15 is 0 Å². The molecule has 1 aliphatic heterocycles.